The van der Waals surface area contributed by atoms with E-state index in [1.54, 1.807) is 37.4 Å². The van der Waals surface area contributed by atoms with Gasteiger partial charge >= 0.3 is 5.97 Å². The van der Waals surface area contributed by atoms with Crippen LogP contribution in [0.5, 0.6) is 5.75 Å². The van der Waals surface area contributed by atoms with Gasteiger partial charge in [-0.2, -0.15) is 0 Å². The number of benzene rings is 2. The molecule has 0 spiro atoms. The monoisotopic (exact) mass is 445 g/mol. The van der Waals surface area contributed by atoms with Crippen LogP contribution < -0.4 is 4.74 Å². The third kappa shape index (κ3) is 6.05. The molecule has 0 unspecified atom stereocenters. The molecule has 1 aromatic heterocycles. The number of aromatic nitrogens is 1. The molecule has 1 aliphatic rings. The molecule has 1 saturated heterocycles. The van der Waals surface area contributed by atoms with Crippen LogP contribution >= 0.6 is 0 Å². The molecule has 2 N–H and O–H groups in total. The van der Waals surface area contributed by atoms with Crippen molar-refractivity contribution in [2.75, 3.05) is 39.8 Å². The number of aromatic amines is 1. The van der Waals surface area contributed by atoms with Crippen LogP contribution in [0.2, 0.25) is 0 Å². The highest BCUT2D eigenvalue weighted by atomic mass is 19.3. The van der Waals surface area contributed by atoms with Gasteiger partial charge in [-0.1, -0.05) is 18.2 Å². The number of ether oxygens (including phenoxy) is 1. The van der Waals surface area contributed by atoms with Gasteiger partial charge in [0.1, 0.15) is 5.75 Å². The van der Waals surface area contributed by atoms with E-state index in [0.29, 0.717) is 18.7 Å². The standard InChI is InChI=1S/C17H23F2N3O.C7H6O2/c1-12-9-15(23-2)14(13-3-4-20-17(12)13)10-21-5-7-22(8-6-21)11-16(18)19;8-7(9)6-4-2-1-3-5-6/h3-4,9,16,20H,5-8,10-11H2,1-2H3;1-5H,(H,8,9). The number of rotatable bonds is 6. The lowest BCUT2D eigenvalue weighted by Gasteiger charge is -2.34. The SMILES string of the molecule is COc1cc(C)c2[nH]ccc2c1CN1CCN(CC(F)F)CC1.O=C(O)c1ccccc1. The van der Waals surface area contributed by atoms with E-state index in [-0.39, 0.29) is 6.54 Å². The van der Waals surface area contributed by atoms with Crippen molar-refractivity contribution >= 4 is 16.9 Å². The van der Waals surface area contributed by atoms with E-state index >= 15 is 0 Å². The van der Waals surface area contributed by atoms with Crippen molar-refractivity contribution in [3.63, 3.8) is 0 Å². The van der Waals surface area contributed by atoms with Gasteiger partial charge in [0.2, 0.25) is 0 Å². The number of fused-ring (bicyclic) bond motifs is 1. The average Bonchev–Trinajstić information content (AvgIpc) is 3.28. The molecule has 32 heavy (non-hydrogen) atoms. The smallest absolute Gasteiger partial charge is 0.335 e. The number of aryl methyl sites for hydroxylation is 1. The van der Waals surface area contributed by atoms with E-state index in [0.717, 1.165) is 42.0 Å². The molecule has 4 rings (SSSR count). The zero-order valence-corrected chi connectivity index (χ0v) is 18.4. The Balaban J connectivity index is 0.000000269. The minimum absolute atomic E-state index is 0.121. The first-order valence-electron chi connectivity index (χ1n) is 10.5. The number of hydrogen-bond donors (Lipinski definition) is 2. The summed E-state index contributed by atoms with van der Waals surface area (Å²) in [5.41, 5.74) is 3.79. The van der Waals surface area contributed by atoms with E-state index in [1.807, 2.05) is 11.1 Å². The van der Waals surface area contributed by atoms with Crippen LogP contribution in [0.1, 0.15) is 21.5 Å². The Bertz CT molecular complexity index is 1020. The van der Waals surface area contributed by atoms with E-state index in [2.05, 4.69) is 28.9 Å². The van der Waals surface area contributed by atoms with Gasteiger partial charge in [0, 0.05) is 55.4 Å². The number of carboxylic acid groups (broad SMARTS) is 1. The van der Waals surface area contributed by atoms with E-state index in [4.69, 9.17) is 9.84 Å². The number of hydrogen-bond acceptors (Lipinski definition) is 4. The number of H-pyrrole nitrogens is 1. The Morgan fingerprint density at radius 2 is 1.78 bits per heavy atom. The molecule has 1 fully saturated rings. The highest BCUT2D eigenvalue weighted by molar-refractivity contribution is 5.88. The maximum atomic E-state index is 12.5. The summed E-state index contributed by atoms with van der Waals surface area (Å²) in [5.74, 6) is 0.0141. The van der Waals surface area contributed by atoms with Crippen molar-refractivity contribution in [1.29, 1.82) is 0 Å². The molecule has 172 valence electrons. The van der Waals surface area contributed by atoms with E-state index in [1.165, 1.54) is 5.39 Å². The van der Waals surface area contributed by atoms with Crippen molar-refractivity contribution in [2.24, 2.45) is 0 Å². The normalized spacial score (nSPS) is 14.9. The molecule has 0 bridgehead atoms. The fourth-order valence-corrected chi connectivity index (χ4v) is 3.91. The summed E-state index contributed by atoms with van der Waals surface area (Å²) in [4.78, 5) is 17.6. The van der Waals surface area contributed by atoms with Gasteiger partial charge in [0.15, 0.2) is 0 Å². The minimum Gasteiger partial charge on any atom is -0.496 e. The Hall–Kier alpha value is -2.97. The van der Waals surface area contributed by atoms with Gasteiger partial charge in [0.25, 0.3) is 6.43 Å². The van der Waals surface area contributed by atoms with Crippen molar-refractivity contribution in [2.45, 2.75) is 19.9 Å². The fourth-order valence-electron chi connectivity index (χ4n) is 3.91. The molecule has 0 saturated carbocycles. The van der Waals surface area contributed by atoms with Crippen molar-refractivity contribution in [3.05, 3.63) is 65.4 Å². The molecule has 2 heterocycles. The van der Waals surface area contributed by atoms with Crippen LogP contribution in [-0.4, -0.2) is 72.1 Å². The number of methoxy groups -OCH3 is 1. The second kappa shape index (κ2) is 11.1. The van der Waals surface area contributed by atoms with Crippen LogP contribution in [0.4, 0.5) is 8.78 Å². The largest absolute Gasteiger partial charge is 0.496 e. The van der Waals surface area contributed by atoms with Crippen LogP contribution in [0, 0.1) is 6.92 Å². The molecule has 0 radical (unpaired) electrons. The molecular formula is C24H29F2N3O3. The van der Waals surface area contributed by atoms with Gasteiger partial charge in [-0.05, 0) is 36.8 Å². The molecule has 6 nitrogen and oxygen atoms in total. The molecule has 0 atom stereocenters. The van der Waals surface area contributed by atoms with Crippen LogP contribution in [-0.2, 0) is 6.54 Å². The number of alkyl halides is 2. The Morgan fingerprint density at radius 1 is 1.12 bits per heavy atom. The molecule has 3 aromatic rings. The topological polar surface area (TPSA) is 68.8 Å². The Labute approximate surface area is 186 Å². The van der Waals surface area contributed by atoms with Gasteiger partial charge in [-0.3, -0.25) is 9.80 Å². The quantitative estimate of drug-likeness (QED) is 0.594. The molecular weight excluding hydrogens is 416 g/mol. The first-order valence-corrected chi connectivity index (χ1v) is 10.5. The zero-order chi connectivity index (χ0) is 23.1. The van der Waals surface area contributed by atoms with Gasteiger partial charge in [0.05, 0.1) is 19.2 Å². The first kappa shape index (κ1) is 23.7. The fraction of sp³-hybridized carbons (Fsp3) is 0.375. The van der Waals surface area contributed by atoms with Gasteiger partial charge in [-0.25, -0.2) is 13.6 Å². The number of piperazine rings is 1. The van der Waals surface area contributed by atoms with E-state index in [9.17, 15) is 13.6 Å². The lowest BCUT2D eigenvalue weighted by molar-refractivity contribution is 0.0542. The van der Waals surface area contributed by atoms with E-state index < -0.39 is 12.4 Å². The molecule has 8 heteroatoms. The summed E-state index contributed by atoms with van der Waals surface area (Å²) in [7, 11) is 1.69. The number of carboxylic acids is 1. The second-order valence-electron chi connectivity index (χ2n) is 7.78. The Kier molecular flexibility index (Phi) is 8.19. The minimum atomic E-state index is -2.25. The number of carbonyl (C=O) groups is 1. The number of nitrogens with one attached hydrogen (secondary N) is 1. The number of nitrogens with zero attached hydrogens (tertiary/aromatic N) is 2. The molecule has 0 aliphatic carbocycles. The molecule has 0 amide bonds. The van der Waals surface area contributed by atoms with Crippen molar-refractivity contribution in [3.8, 4) is 5.75 Å². The van der Waals surface area contributed by atoms with Crippen LogP contribution in [0.15, 0.2) is 48.7 Å². The summed E-state index contributed by atoms with van der Waals surface area (Å²) in [6, 6.07) is 12.4. The maximum Gasteiger partial charge on any atom is 0.335 e. The summed E-state index contributed by atoms with van der Waals surface area (Å²) >= 11 is 0. The van der Waals surface area contributed by atoms with Gasteiger partial charge in [-0.15, -0.1) is 0 Å². The summed E-state index contributed by atoms with van der Waals surface area (Å²) in [6.45, 7) is 5.70. The van der Waals surface area contributed by atoms with Crippen LogP contribution in [0.25, 0.3) is 10.9 Å². The van der Waals surface area contributed by atoms with Gasteiger partial charge < -0.3 is 14.8 Å². The zero-order valence-electron chi connectivity index (χ0n) is 18.4. The maximum absolute atomic E-state index is 12.5. The molecule has 1 aliphatic heterocycles. The predicted molar refractivity (Wildman–Crippen MR) is 121 cm³/mol. The highest BCUT2D eigenvalue weighted by Gasteiger charge is 2.21. The second-order valence-corrected chi connectivity index (χ2v) is 7.78. The first-order chi connectivity index (χ1) is 15.4. The summed E-state index contributed by atoms with van der Waals surface area (Å²) < 4.78 is 30.5. The number of halogens is 2. The predicted octanol–water partition coefficient (Wildman–Crippen LogP) is 4.25. The summed E-state index contributed by atoms with van der Waals surface area (Å²) in [6.07, 6.45) is -0.306. The summed E-state index contributed by atoms with van der Waals surface area (Å²) in [5, 5.41) is 9.56. The lowest BCUT2D eigenvalue weighted by atomic mass is 10.0. The van der Waals surface area contributed by atoms with Crippen molar-refractivity contribution < 1.29 is 23.4 Å². The van der Waals surface area contributed by atoms with Crippen LogP contribution in [0.3, 0.4) is 0 Å². The Morgan fingerprint density at radius 3 is 2.34 bits per heavy atom. The third-order valence-corrected chi connectivity index (χ3v) is 5.59. The third-order valence-electron chi connectivity index (χ3n) is 5.59. The number of aromatic carboxylic acids is 1. The lowest BCUT2D eigenvalue weighted by Crippen LogP contribution is -2.47. The molecule has 2 aromatic carbocycles. The van der Waals surface area contributed by atoms with Crippen molar-refractivity contribution in [1.82, 2.24) is 14.8 Å². The highest BCUT2D eigenvalue weighted by Crippen LogP contribution is 2.31. The average molecular weight is 446 g/mol.